The van der Waals surface area contributed by atoms with E-state index >= 15 is 0 Å². The van der Waals surface area contributed by atoms with Crippen molar-refractivity contribution in [2.75, 3.05) is 0 Å². The minimum Gasteiger partial charge on any atom is -0.326 e. The van der Waals surface area contributed by atoms with Gasteiger partial charge in [-0.2, -0.15) is 0 Å². The average molecular weight is 302 g/mol. The molecule has 1 aliphatic rings. The molecule has 19 heavy (non-hydrogen) atoms. The number of thiophene rings is 1. The van der Waals surface area contributed by atoms with E-state index in [-0.39, 0.29) is 6.04 Å². The maximum atomic E-state index is 12.2. The molecule has 2 rings (SSSR count). The fraction of sp³-hybridized carbons (Fsp3) is 0.692. The highest BCUT2D eigenvalue weighted by Crippen LogP contribution is 2.35. The SMILES string of the molecule is CC1(C)CCC(NS(=O)(=O)c2ccc(CN)s2)CC1. The Kier molecular flexibility index (Phi) is 4.35. The minimum absolute atomic E-state index is 0.0708. The first-order chi connectivity index (χ1) is 8.82. The molecule has 0 aliphatic heterocycles. The Morgan fingerprint density at radius 3 is 2.53 bits per heavy atom. The largest absolute Gasteiger partial charge is 0.326 e. The van der Waals surface area contributed by atoms with Crippen molar-refractivity contribution in [2.45, 2.75) is 56.3 Å². The highest BCUT2D eigenvalue weighted by Gasteiger charge is 2.30. The molecular formula is C13H22N2O2S2. The molecule has 0 atom stereocenters. The molecule has 0 saturated heterocycles. The Morgan fingerprint density at radius 2 is 2.00 bits per heavy atom. The van der Waals surface area contributed by atoms with Gasteiger partial charge in [0.1, 0.15) is 4.21 Å². The molecule has 0 spiro atoms. The summed E-state index contributed by atoms with van der Waals surface area (Å²) in [5.74, 6) is 0. The molecule has 0 radical (unpaired) electrons. The molecule has 0 unspecified atom stereocenters. The summed E-state index contributed by atoms with van der Waals surface area (Å²) >= 11 is 1.25. The van der Waals surface area contributed by atoms with Gasteiger partial charge in [-0.05, 0) is 43.2 Å². The van der Waals surface area contributed by atoms with E-state index < -0.39 is 10.0 Å². The summed E-state index contributed by atoms with van der Waals surface area (Å²) in [6, 6.07) is 3.49. The summed E-state index contributed by atoms with van der Waals surface area (Å²) in [6.07, 6.45) is 3.97. The zero-order valence-corrected chi connectivity index (χ0v) is 13.1. The van der Waals surface area contributed by atoms with E-state index in [4.69, 9.17) is 5.73 Å². The third kappa shape index (κ3) is 3.78. The van der Waals surface area contributed by atoms with Crippen molar-refractivity contribution in [1.29, 1.82) is 0 Å². The maximum Gasteiger partial charge on any atom is 0.250 e. The van der Waals surface area contributed by atoms with Crippen LogP contribution in [0.1, 0.15) is 44.4 Å². The van der Waals surface area contributed by atoms with Gasteiger partial charge >= 0.3 is 0 Å². The second-order valence-corrected chi connectivity index (χ2v) is 9.09. The predicted molar refractivity (Wildman–Crippen MR) is 78.6 cm³/mol. The van der Waals surface area contributed by atoms with Gasteiger partial charge in [0, 0.05) is 17.5 Å². The normalized spacial score (nSPS) is 20.6. The van der Waals surface area contributed by atoms with Crippen LogP contribution in [0.3, 0.4) is 0 Å². The summed E-state index contributed by atoms with van der Waals surface area (Å²) < 4.78 is 27.7. The number of rotatable bonds is 4. The molecule has 1 fully saturated rings. The molecule has 3 N–H and O–H groups in total. The fourth-order valence-electron chi connectivity index (χ4n) is 2.41. The Bertz CT molecular complexity index is 525. The van der Waals surface area contributed by atoms with Gasteiger partial charge in [-0.3, -0.25) is 0 Å². The Labute approximate surface area is 119 Å². The van der Waals surface area contributed by atoms with Crippen molar-refractivity contribution in [3.05, 3.63) is 17.0 Å². The zero-order valence-electron chi connectivity index (χ0n) is 11.5. The fourth-order valence-corrected chi connectivity index (χ4v) is 4.96. The average Bonchev–Trinajstić information content (AvgIpc) is 2.81. The molecule has 0 amide bonds. The second-order valence-electron chi connectivity index (χ2n) is 5.98. The summed E-state index contributed by atoms with van der Waals surface area (Å²) in [5, 5.41) is 0. The lowest BCUT2D eigenvalue weighted by atomic mass is 9.76. The molecule has 108 valence electrons. The third-order valence-electron chi connectivity index (χ3n) is 3.76. The smallest absolute Gasteiger partial charge is 0.250 e. The number of sulfonamides is 1. The van der Waals surface area contributed by atoms with Crippen LogP contribution in [0, 0.1) is 5.41 Å². The number of hydrogen-bond donors (Lipinski definition) is 2. The highest BCUT2D eigenvalue weighted by atomic mass is 32.2. The van der Waals surface area contributed by atoms with Crippen LogP contribution >= 0.6 is 11.3 Å². The van der Waals surface area contributed by atoms with Crippen molar-refractivity contribution in [3.63, 3.8) is 0 Å². The van der Waals surface area contributed by atoms with Crippen molar-refractivity contribution < 1.29 is 8.42 Å². The van der Waals surface area contributed by atoms with Crippen molar-refractivity contribution >= 4 is 21.4 Å². The Hall–Kier alpha value is -0.430. The van der Waals surface area contributed by atoms with Gasteiger partial charge in [0.2, 0.25) is 10.0 Å². The zero-order chi connectivity index (χ0) is 14.1. The van der Waals surface area contributed by atoms with E-state index in [0.717, 1.165) is 30.6 Å². The minimum atomic E-state index is -3.37. The molecule has 1 aliphatic carbocycles. The summed E-state index contributed by atoms with van der Waals surface area (Å²) in [4.78, 5) is 0.894. The van der Waals surface area contributed by atoms with Gasteiger partial charge in [-0.1, -0.05) is 13.8 Å². The van der Waals surface area contributed by atoms with E-state index in [1.165, 1.54) is 11.3 Å². The van der Waals surface area contributed by atoms with Gasteiger partial charge in [-0.25, -0.2) is 13.1 Å². The molecule has 1 aromatic rings. The Morgan fingerprint density at radius 1 is 1.37 bits per heavy atom. The molecule has 0 aromatic carbocycles. The van der Waals surface area contributed by atoms with E-state index in [9.17, 15) is 8.42 Å². The maximum absolute atomic E-state index is 12.2. The van der Waals surface area contributed by atoms with Gasteiger partial charge in [0.05, 0.1) is 0 Å². The first-order valence-electron chi connectivity index (χ1n) is 6.63. The van der Waals surface area contributed by atoms with Crippen LogP contribution in [0.15, 0.2) is 16.3 Å². The van der Waals surface area contributed by atoms with E-state index in [0.29, 0.717) is 16.2 Å². The lowest BCUT2D eigenvalue weighted by Gasteiger charge is -2.34. The van der Waals surface area contributed by atoms with Crippen LogP contribution < -0.4 is 10.5 Å². The number of nitrogens with two attached hydrogens (primary N) is 1. The van der Waals surface area contributed by atoms with Crippen molar-refractivity contribution in [3.8, 4) is 0 Å². The van der Waals surface area contributed by atoms with Crippen LogP contribution in [0.25, 0.3) is 0 Å². The van der Waals surface area contributed by atoms with Gasteiger partial charge < -0.3 is 5.73 Å². The van der Waals surface area contributed by atoms with Crippen LogP contribution in [0.4, 0.5) is 0 Å². The molecule has 1 aromatic heterocycles. The lowest BCUT2D eigenvalue weighted by Crippen LogP contribution is -2.38. The van der Waals surface area contributed by atoms with Crippen molar-refractivity contribution in [1.82, 2.24) is 4.72 Å². The number of hydrogen-bond acceptors (Lipinski definition) is 4. The first kappa shape index (κ1) is 15.0. The lowest BCUT2D eigenvalue weighted by molar-refractivity contribution is 0.218. The first-order valence-corrected chi connectivity index (χ1v) is 8.93. The highest BCUT2D eigenvalue weighted by molar-refractivity contribution is 7.91. The third-order valence-corrected chi connectivity index (χ3v) is 6.88. The topological polar surface area (TPSA) is 72.2 Å². The molecular weight excluding hydrogens is 280 g/mol. The van der Waals surface area contributed by atoms with E-state index in [1.54, 1.807) is 12.1 Å². The predicted octanol–water partition coefficient (Wildman–Crippen LogP) is 2.45. The van der Waals surface area contributed by atoms with Crippen LogP contribution in [0.5, 0.6) is 0 Å². The van der Waals surface area contributed by atoms with E-state index in [1.807, 2.05) is 0 Å². The molecule has 1 heterocycles. The number of nitrogens with one attached hydrogen (secondary N) is 1. The molecule has 6 heteroatoms. The van der Waals surface area contributed by atoms with Crippen LogP contribution in [-0.4, -0.2) is 14.5 Å². The molecule has 1 saturated carbocycles. The van der Waals surface area contributed by atoms with E-state index in [2.05, 4.69) is 18.6 Å². The van der Waals surface area contributed by atoms with Gasteiger partial charge in [0.25, 0.3) is 0 Å². The van der Waals surface area contributed by atoms with Gasteiger partial charge in [0.15, 0.2) is 0 Å². The monoisotopic (exact) mass is 302 g/mol. The standard InChI is InChI=1S/C13H22N2O2S2/c1-13(2)7-5-10(6-8-13)15-19(16,17)12-4-3-11(9-14)18-12/h3-4,10,15H,5-9,14H2,1-2H3. The summed E-state index contributed by atoms with van der Waals surface area (Å²) in [5.41, 5.74) is 5.86. The Balaban J connectivity index is 2.02. The summed E-state index contributed by atoms with van der Waals surface area (Å²) in [6.45, 7) is 4.87. The quantitative estimate of drug-likeness (QED) is 0.897. The van der Waals surface area contributed by atoms with Crippen LogP contribution in [-0.2, 0) is 16.6 Å². The summed E-state index contributed by atoms with van der Waals surface area (Å²) in [7, 11) is -3.37. The second kappa shape index (κ2) is 5.52. The molecule has 0 bridgehead atoms. The van der Waals surface area contributed by atoms with Crippen LogP contribution in [0.2, 0.25) is 0 Å². The van der Waals surface area contributed by atoms with Crippen molar-refractivity contribution in [2.24, 2.45) is 11.1 Å². The molecule has 4 nitrogen and oxygen atoms in total. The van der Waals surface area contributed by atoms with Gasteiger partial charge in [-0.15, -0.1) is 11.3 Å².